The summed E-state index contributed by atoms with van der Waals surface area (Å²) < 4.78 is 30.7. The minimum Gasteiger partial charge on any atom is -0.493 e. The zero-order valence-electron chi connectivity index (χ0n) is 9.38. The van der Waals surface area contributed by atoms with Gasteiger partial charge in [-0.2, -0.15) is 0 Å². The molecule has 1 rings (SSSR count). The van der Waals surface area contributed by atoms with Crippen molar-refractivity contribution in [1.29, 1.82) is 0 Å². The molecule has 0 fully saturated rings. The fourth-order valence-electron chi connectivity index (χ4n) is 1.41. The predicted octanol–water partition coefficient (Wildman–Crippen LogP) is 3.99. The summed E-state index contributed by atoms with van der Waals surface area (Å²) in [4.78, 5) is 11.6. The molecule has 0 saturated heterocycles. The fourth-order valence-corrected chi connectivity index (χ4v) is 1.77. The maximum atomic E-state index is 12.8. The van der Waals surface area contributed by atoms with Crippen LogP contribution in [0.25, 0.3) is 0 Å². The predicted molar refractivity (Wildman–Crippen MR) is 65.3 cm³/mol. The zero-order valence-corrected chi connectivity index (χ0v) is 11.0. The van der Waals surface area contributed by atoms with Crippen molar-refractivity contribution in [2.45, 2.75) is 19.8 Å². The Labute approximate surface area is 107 Å². The molecule has 0 radical (unpaired) electrons. The Morgan fingerprint density at radius 3 is 2.71 bits per heavy atom. The van der Waals surface area contributed by atoms with Crippen LogP contribution in [0.4, 0.5) is 8.78 Å². The molecule has 0 aromatic heterocycles. The molecular formula is C12H13BrF2O2. The molecule has 5 heteroatoms. The van der Waals surface area contributed by atoms with Crippen LogP contribution in [-0.4, -0.2) is 17.7 Å². The second kappa shape index (κ2) is 6.69. The standard InChI is InChI=1S/C12H13BrF2O2/c1-2-17-11-4-3-8(10(16)5-6-13)7-9(11)12(14)15/h3-4,7,12H,2,5-6H2,1H3. The van der Waals surface area contributed by atoms with E-state index in [1.54, 1.807) is 6.92 Å². The van der Waals surface area contributed by atoms with Gasteiger partial charge in [-0.15, -0.1) is 0 Å². The topological polar surface area (TPSA) is 26.3 Å². The van der Waals surface area contributed by atoms with Crippen molar-refractivity contribution in [1.82, 2.24) is 0 Å². The lowest BCUT2D eigenvalue weighted by molar-refractivity contribution is 0.0989. The smallest absolute Gasteiger partial charge is 0.267 e. The average Bonchev–Trinajstić information content (AvgIpc) is 2.30. The largest absolute Gasteiger partial charge is 0.493 e. The van der Waals surface area contributed by atoms with Crippen LogP contribution >= 0.6 is 15.9 Å². The van der Waals surface area contributed by atoms with Crippen LogP contribution in [0.1, 0.15) is 35.7 Å². The first kappa shape index (κ1) is 14.1. The summed E-state index contributed by atoms with van der Waals surface area (Å²) in [6, 6.07) is 4.15. The Balaban J connectivity index is 3.05. The van der Waals surface area contributed by atoms with Crippen molar-refractivity contribution in [2.75, 3.05) is 11.9 Å². The lowest BCUT2D eigenvalue weighted by Crippen LogP contribution is -2.03. The van der Waals surface area contributed by atoms with Crippen molar-refractivity contribution < 1.29 is 18.3 Å². The molecule has 0 aliphatic heterocycles. The number of carbonyl (C=O) groups is 1. The van der Waals surface area contributed by atoms with Gasteiger partial charge in [-0.1, -0.05) is 15.9 Å². The van der Waals surface area contributed by atoms with Crippen LogP contribution in [0.15, 0.2) is 18.2 Å². The van der Waals surface area contributed by atoms with E-state index in [0.717, 1.165) is 0 Å². The van der Waals surface area contributed by atoms with E-state index in [4.69, 9.17) is 4.74 Å². The summed E-state index contributed by atoms with van der Waals surface area (Å²) in [6.07, 6.45) is -2.36. The van der Waals surface area contributed by atoms with Crippen LogP contribution in [0.2, 0.25) is 0 Å². The number of hydrogen-bond acceptors (Lipinski definition) is 2. The summed E-state index contributed by atoms with van der Waals surface area (Å²) in [6.45, 7) is 2.04. The monoisotopic (exact) mass is 306 g/mol. The van der Waals surface area contributed by atoms with Gasteiger partial charge >= 0.3 is 0 Å². The molecule has 1 aromatic rings. The van der Waals surface area contributed by atoms with Crippen molar-refractivity contribution >= 4 is 21.7 Å². The van der Waals surface area contributed by atoms with E-state index in [1.807, 2.05) is 0 Å². The van der Waals surface area contributed by atoms with Gasteiger partial charge in [-0.3, -0.25) is 4.79 Å². The Kier molecular flexibility index (Phi) is 5.55. The van der Waals surface area contributed by atoms with Gasteiger partial charge in [0.2, 0.25) is 0 Å². The average molecular weight is 307 g/mol. The van der Waals surface area contributed by atoms with Crippen LogP contribution in [0, 0.1) is 0 Å². The number of halogens is 3. The van der Waals surface area contributed by atoms with Gasteiger partial charge in [0.1, 0.15) is 5.75 Å². The number of carbonyl (C=O) groups excluding carboxylic acids is 1. The van der Waals surface area contributed by atoms with Crippen molar-refractivity contribution in [3.63, 3.8) is 0 Å². The number of ketones is 1. The van der Waals surface area contributed by atoms with E-state index < -0.39 is 6.43 Å². The lowest BCUT2D eigenvalue weighted by Gasteiger charge is -2.10. The molecule has 0 spiro atoms. The summed E-state index contributed by atoms with van der Waals surface area (Å²) >= 11 is 3.14. The highest BCUT2D eigenvalue weighted by Crippen LogP contribution is 2.30. The van der Waals surface area contributed by atoms with E-state index in [1.165, 1.54) is 18.2 Å². The van der Waals surface area contributed by atoms with Crippen molar-refractivity contribution in [3.05, 3.63) is 29.3 Å². The maximum Gasteiger partial charge on any atom is 0.267 e. The molecule has 0 amide bonds. The van der Waals surface area contributed by atoms with Gasteiger partial charge in [-0.05, 0) is 25.1 Å². The Morgan fingerprint density at radius 1 is 1.47 bits per heavy atom. The highest BCUT2D eigenvalue weighted by molar-refractivity contribution is 9.09. The maximum absolute atomic E-state index is 12.8. The van der Waals surface area contributed by atoms with Gasteiger partial charge in [0.05, 0.1) is 12.2 Å². The number of benzene rings is 1. The zero-order chi connectivity index (χ0) is 12.8. The van der Waals surface area contributed by atoms with Crippen LogP contribution in [0.5, 0.6) is 5.75 Å². The minimum absolute atomic E-state index is 0.137. The van der Waals surface area contributed by atoms with Crippen LogP contribution in [0.3, 0.4) is 0 Å². The van der Waals surface area contributed by atoms with Gasteiger partial charge in [0.15, 0.2) is 5.78 Å². The highest BCUT2D eigenvalue weighted by atomic mass is 79.9. The summed E-state index contributed by atoms with van der Waals surface area (Å²) in [5.74, 6) is -0.0234. The number of Topliss-reactive ketones (excluding diaryl/α,β-unsaturated/α-hetero) is 1. The summed E-state index contributed by atoms with van der Waals surface area (Å²) in [7, 11) is 0. The molecule has 2 nitrogen and oxygen atoms in total. The third kappa shape index (κ3) is 3.77. The summed E-state index contributed by atoms with van der Waals surface area (Å²) in [5, 5.41) is 0.517. The molecule has 0 heterocycles. The molecule has 0 saturated carbocycles. The molecule has 0 unspecified atom stereocenters. The second-order valence-electron chi connectivity index (χ2n) is 3.35. The fraction of sp³-hybridized carbons (Fsp3) is 0.417. The van der Waals surface area contributed by atoms with Gasteiger partial charge < -0.3 is 4.74 Å². The molecule has 0 aliphatic rings. The van der Waals surface area contributed by atoms with E-state index >= 15 is 0 Å². The lowest BCUT2D eigenvalue weighted by atomic mass is 10.0. The Bertz CT molecular complexity index is 394. The molecular weight excluding hydrogens is 294 g/mol. The minimum atomic E-state index is -2.65. The van der Waals surface area contributed by atoms with E-state index in [2.05, 4.69) is 15.9 Å². The first-order valence-corrected chi connectivity index (χ1v) is 6.36. The summed E-state index contributed by atoms with van der Waals surface area (Å²) in [5.41, 5.74) is 0.0653. The number of hydrogen-bond donors (Lipinski definition) is 0. The van der Waals surface area contributed by atoms with Crippen molar-refractivity contribution in [2.24, 2.45) is 0 Å². The first-order valence-electron chi connectivity index (χ1n) is 5.24. The number of rotatable bonds is 6. The third-order valence-electron chi connectivity index (χ3n) is 2.19. The molecule has 94 valence electrons. The number of alkyl halides is 3. The normalized spacial score (nSPS) is 10.6. The third-order valence-corrected chi connectivity index (χ3v) is 2.58. The molecule has 0 bridgehead atoms. The van der Waals surface area contributed by atoms with Crippen LogP contribution < -0.4 is 4.74 Å². The van der Waals surface area contributed by atoms with Gasteiger partial charge in [0.25, 0.3) is 6.43 Å². The molecule has 1 aromatic carbocycles. The Hall–Kier alpha value is -0.970. The molecule has 17 heavy (non-hydrogen) atoms. The second-order valence-corrected chi connectivity index (χ2v) is 4.14. The molecule has 0 N–H and O–H groups in total. The van der Waals surface area contributed by atoms with E-state index in [0.29, 0.717) is 17.5 Å². The van der Waals surface area contributed by atoms with Gasteiger partial charge in [-0.25, -0.2) is 8.78 Å². The van der Waals surface area contributed by atoms with Crippen LogP contribution in [-0.2, 0) is 0 Å². The number of ether oxygens (including phenoxy) is 1. The highest BCUT2D eigenvalue weighted by Gasteiger charge is 2.16. The van der Waals surface area contributed by atoms with Gasteiger partial charge in [0, 0.05) is 17.3 Å². The Morgan fingerprint density at radius 2 is 2.18 bits per heavy atom. The van der Waals surface area contributed by atoms with Crippen molar-refractivity contribution in [3.8, 4) is 5.75 Å². The quantitative estimate of drug-likeness (QED) is 0.587. The van der Waals surface area contributed by atoms with E-state index in [9.17, 15) is 13.6 Å². The first-order chi connectivity index (χ1) is 8.10. The SMILES string of the molecule is CCOc1ccc(C(=O)CCBr)cc1C(F)F. The van der Waals surface area contributed by atoms with E-state index in [-0.39, 0.29) is 23.5 Å². The molecule has 0 atom stereocenters. The molecule has 0 aliphatic carbocycles.